The van der Waals surface area contributed by atoms with Crippen LogP contribution in [0.5, 0.6) is 0 Å². The minimum absolute atomic E-state index is 0.503. The van der Waals surface area contributed by atoms with E-state index in [1.165, 1.54) is 185 Å². The summed E-state index contributed by atoms with van der Waals surface area (Å²) >= 11 is 0. The molecule has 5 rings (SSSR count). The monoisotopic (exact) mass is 1010 g/mol. The summed E-state index contributed by atoms with van der Waals surface area (Å²) in [6, 6.07) is 52.4. The van der Waals surface area contributed by atoms with Crippen molar-refractivity contribution < 1.29 is 0 Å². The van der Waals surface area contributed by atoms with Gasteiger partial charge in [-0.15, -0.1) is 6.58 Å². The summed E-state index contributed by atoms with van der Waals surface area (Å²) in [7, 11) is 0. The topological polar surface area (TPSA) is 0 Å². The molecule has 0 saturated carbocycles. The van der Waals surface area contributed by atoms with Crippen LogP contribution in [0.2, 0.25) is 0 Å². The number of hydrogen-bond donors (Lipinski definition) is 0. The lowest BCUT2D eigenvalue weighted by Crippen LogP contribution is -1.97. The Kier molecular flexibility index (Phi) is 47.0. The van der Waals surface area contributed by atoms with Gasteiger partial charge in [-0.05, 0) is 116 Å². The molecule has 0 aromatic heterocycles. The summed E-state index contributed by atoms with van der Waals surface area (Å²) < 4.78 is 0. The van der Waals surface area contributed by atoms with E-state index in [1.54, 1.807) is 0 Å². The molecule has 2 unspecified atom stereocenters. The van der Waals surface area contributed by atoms with Crippen LogP contribution < -0.4 is 0 Å². The summed E-state index contributed by atoms with van der Waals surface area (Å²) in [5.41, 5.74) is 11.9. The van der Waals surface area contributed by atoms with Gasteiger partial charge in [-0.2, -0.15) is 0 Å². The van der Waals surface area contributed by atoms with Crippen LogP contribution in [-0.2, 0) is 6.42 Å². The fourth-order valence-electron chi connectivity index (χ4n) is 8.21. The quantitative estimate of drug-likeness (QED) is 0.0307. The molecule has 410 valence electrons. The maximum Gasteiger partial charge on any atom is 0.00171 e. The van der Waals surface area contributed by atoms with E-state index in [-0.39, 0.29) is 0 Å². The van der Waals surface area contributed by atoms with Crippen LogP contribution in [0.3, 0.4) is 0 Å². The van der Waals surface area contributed by atoms with E-state index in [1.807, 2.05) is 42.5 Å². The summed E-state index contributed by atoms with van der Waals surface area (Å²) in [6.07, 6.45) is 34.6. The lowest BCUT2D eigenvalue weighted by Gasteiger charge is -2.14. The molecule has 0 bridgehead atoms. The molecule has 0 nitrogen and oxygen atoms in total. The van der Waals surface area contributed by atoms with Crippen LogP contribution in [0.4, 0.5) is 0 Å². The second-order valence-corrected chi connectivity index (χ2v) is 20.3. The van der Waals surface area contributed by atoms with Crippen LogP contribution in [0.25, 0.3) is 17.2 Å². The second-order valence-electron chi connectivity index (χ2n) is 20.3. The summed E-state index contributed by atoms with van der Waals surface area (Å²) in [4.78, 5) is 0. The van der Waals surface area contributed by atoms with Crippen molar-refractivity contribution in [2.75, 3.05) is 0 Å². The average molecular weight is 1010 g/mol. The van der Waals surface area contributed by atoms with Gasteiger partial charge in [0.2, 0.25) is 0 Å². The third-order valence-electron chi connectivity index (χ3n) is 13.5. The maximum absolute atomic E-state index is 4.20. The Labute approximate surface area is 465 Å². The molecule has 2 atom stereocenters. The number of allylic oxidation sites excluding steroid dienone is 5. The van der Waals surface area contributed by atoms with Gasteiger partial charge < -0.3 is 0 Å². The summed E-state index contributed by atoms with van der Waals surface area (Å²) in [6.45, 7) is 39.7. The second kappa shape index (κ2) is 50.7. The van der Waals surface area contributed by atoms with Crippen molar-refractivity contribution in [3.63, 3.8) is 0 Å². The molecular formula is C75H110. The molecule has 5 aromatic rings. The molecule has 0 amide bonds. The zero-order chi connectivity index (χ0) is 55.4. The molecule has 0 heteroatoms. The Bertz CT molecular complexity index is 2070. The zero-order valence-electron chi connectivity index (χ0n) is 49.5. The highest BCUT2D eigenvalue weighted by Gasteiger charge is 2.09. The molecule has 0 fully saturated rings. The van der Waals surface area contributed by atoms with Crippen LogP contribution in [0.1, 0.15) is 230 Å². The van der Waals surface area contributed by atoms with Gasteiger partial charge in [0.25, 0.3) is 0 Å². The predicted octanol–water partition coefficient (Wildman–Crippen LogP) is 24.7. The van der Waals surface area contributed by atoms with Gasteiger partial charge in [0.1, 0.15) is 0 Å². The standard InChI is InChI=1S/4C15H22.C8H8.C7H14/c2*1-4-5-7-10-13(2)14(3)15-11-8-6-9-12-15;1-3-4-6-9-14(2)12-13-15-10-7-5-8-11-15;1-3-4-5-6-8-11-14(2)15-12-9-7-10-13-15;1-2-8-6-4-3-5-7-8;1-3-5-7-6-4-2/h6,8-9,11-13H,3-5,7,10H2,1-2H3;6,8-9,11-12,14H,2,4-5,7,10H2,1,3H3;5,7-8,10-11H,2-4,6,9,12-13H2,1H3;7,9-10,12-13H,2-6,8,11H2,1H3;2-7H,1H2;3H,1,4-7H2,2H3. The Balaban J connectivity index is 0.000000894. The van der Waals surface area contributed by atoms with Crippen molar-refractivity contribution in [3.8, 4) is 0 Å². The van der Waals surface area contributed by atoms with Crippen molar-refractivity contribution >= 4 is 17.2 Å². The smallest absolute Gasteiger partial charge is 0.00171 e. The molecule has 0 aliphatic heterocycles. The van der Waals surface area contributed by atoms with E-state index < -0.39 is 0 Å². The molecular weight excluding hydrogens is 901 g/mol. The zero-order valence-corrected chi connectivity index (χ0v) is 49.5. The van der Waals surface area contributed by atoms with Gasteiger partial charge in [-0.3, -0.25) is 0 Å². The summed E-state index contributed by atoms with van der Waals surface area (Å²) in [5, 5.41) is 0. The first-order valence-electron chi connectivity index (χ1n) is 29.7. The van der Waals surface area contributed by atoms with Crippen LogP contribution in [0, 0.1) is 5.92 Å². The number of unbranched alkanes of at least 4 members (excludes halogenated alkanes) is 13. The van der Waals surface area contributed by atoms with Crippen LogP contribution >= 0.6 is 0 Å². The minimum Gasteiger partial charge on any atom is -0.103 e. The number of hydrogen-bond acceptors (Lipinski definition) is 0. The van der Waals surface area contributed by atoms with E-state index in [4.69, 9.17) is 0 Å². The van der Waals surface area contributed by atoms with Gasteiger partial charge in [0.15, 0.2) is 0 Å². The molecule has 0 radical (unpaired) electrons. The third kappa shape index (κ3) is 39.6. The van der Waals surface area contributed by atoms with E-state index in [9.17, 15) is 0 Å². The highest BCUT2D eigenvalue weighted by molar-refractivity contribution is 5.65. The van der Waals surface area contributed by atoms with E-state index in [0.717, 1.165) is 19.3 Å². The highest BCUT2D eigenvalue weighted by atomic mass is 14.1. The lowest BCUT2D eigenvalue weighted by atomic mass is 9.91. The fraction of sp³-hybridized carbons (Fsp3) is 0.440. The van der Waals surface area contributed by atoms with Crippen LogP contribution in [0.15, 0.2) is 208 Å². The van der Waals surface area contributed by atoms with E-state index in [2.05, 4.69) is 209 Å². The van der Waals surface area contributed by atoms with Gasteiger partial charge >= 0.3 is 0 Å². The highest BCUT2D eigenvalue weighted by Crippen LogP contribution is 2.27. The van der Waals surface area contributed by atoms with Crippen LogP contribution in [-0.4, -0.2) is 0 Å². The van der Waals surface area contributed by atoms with Crippen molar-refractivity contribution in [3.05, 3.63) is 236 Å². The molecule has 0 heterocycles. The SMILES string of the molecule is C=C(CCCCC)C(C)c1ccccc1.C=C(CCCCC)CCc1ccccc1.C=C(CCCCCCC)c1ccccc1.C=C(c1ccccc1)C(C)CCCCC.C=CCCCCC.C=Cc1ccccc1. The van der Waals surface area contributed by atoms with E-state index >= 15 is 0 Å². The third-order valence-corrected chi connectivity index (χ3v) is 13.5. The Hall–Kier alpha value is -5.46. The van der Waals surface area contributed by atoms with Crippen molar-refractivity contribution in [1.29, 1.82) is 0 Å². The first-order chi connectivity index (χ1) is 36.5. The molecule has 5 aromatic carbocycles. The minimum atomic E-state index is 0.503. The predicted molar refractivity (Wildman–Crippen MR) is 345 cm³/mol. The summed E-state index contributed by atoms with van der Waals surface area (Å²) in [5.74, 6) is 1.11. The first kappa shape index (κ1) is 69.5. The van der Waals surface area contributed by atoms with Crippen molar-refractivity contribution in [2.45, 2.75) is 208 Å². The van der Waals surface area contributed by atoms with Gasteiger partial charge in [-0.1, -0.05) is 340 Å². The van der Waals surface area contributed by atoms with Crippen molar-refractivity contribution in [1.82, 2.24) is 0 Å². The van der Waals surface area contributed by atoms with Gasteiger partial charge in [0.05, 0.1) is 0 Å². The number of rotatable bonds is 31. The largest absolute Gasteiger partial charge is 0.103 e. The Morgan fingerprint density at radius 3 is 1.36 bits per heavy atom. The van der Waals surface area contributed by atoms with Gasteiger partial charge in [0, 0.05) is 5.92 Å². The number of benzene rings is 5. The lowest BCUT2D eigenvalue weighted by molar-refractivity contribution is 0.587. The molecule has 0 saturated heterocycles. The average Bonchev–Trinajstić information content (AvgIpc) is 3.46. The molecule has 0 aliphatic rings. The fourth-order valence-corrected chi connectivity index (χ4v) is 8.21. The Morgan fingerprint density at radius 1 is 0.427 bits per heavy atom. The van der Waals surface area contributed by atoms with E-state index in [0.29, 0.717) is 11.8 Å². The maximum atomic E-state index is 4.20. The molecule has 0 aliphatic carbocycles. The molecule has 0 N–H and O–H groups in total. The molecule has 75 heavy (non-hydrogen) atoms. The Morgan fingerprint density at radius 2 is 0.853 bits per heavy atom. The number of aryl methyl sites for hydroxylation is 1. The normalized spacial score (nSPS) is 10.8. The first-order valence-corrected chi connectivity index (χ1v) is 29.7. The molecule has 0 spiro atoms. The van der Waals surface area contributed by atoms with Crippen molar-refractivity contribution in [2.24, 2.45) is 5.92 Å². The van der Waals surface area contributed by atoms with Gasteiger partial charge in [-0.25, -0.2) is 0 Å².